The predicted molar refractivity (Wildman–Crippen MR) is 47.6 cm³/mol. The molecular weight excluding hydrogens is 186 g/mol. The van der Waals surface area contributed by atoms with Crippen LogP contribution in [0, 0.1) is 0 Å². The molecule has 0 spiro atoms. The van der Waals surface area contributed by atoms with Gasteiger partial charge < -0.3 is 9.63 Å². The first-order chi connectivity index (χ1) is 6.61. The predicted octanol–water partition coefficient (Wildman–Crippen LogP) is 0.148. The van der Waals surface area contributed by atoms with E-state index in [1.54, 1.807) is 11.9 Å². The number of nitrogens with zero attached hydrogens (tertiary/aromatic N) is 3. The summed E-state index contributed by atoms with van der Waals surface area (Å²) in [6.45, 7) is 2.27. The molecule has 0 amide bonds. The van der Waals surface area contributed by atoms with Crippen molar-refractivity contribution in [3.8, 4) is 0 Å². The standard InChI is InChI=1S/C8H13N3O3/c1-3-7-9-6(10-14-7)4-11(2)5-8(12)13/h3-5H2,1-2H3,(H,12,13). The summed E-state index contributed by atoms with van der Waals surface area (Å²) in [7, 11) is 1.69. The van der Waals surface area contributed by atoms with Crippen LogP contribution in [0.25, 0.3) is 0 Å². The number of hydrogen-bond donors (Lipinski definition) is 1. The first-order valence-electron chi connectivity index (χ1n) is 4.33. The van der Waals surface area contributed by atoms with Crippen LogP contribution in [-0.2, 0) is 17.8 Å². The molecule has 1 aromatic rings. The second kappa shape index (κ2) is 4.71. The number of likely N-dealkylation sites (N-methyl/N-ethyl adjacent to an activating group) is 1. The molecule has 0 radical (unpaired) electrons. The monoisotopic (exact) mass is 199 g/mol. The zero-order valence-corrected chi connectivity index (χ0v) is 8.23. The van der Waals surface area contributed by atoms with Crippen LogP contribution in [0.1, 0.15) is 18.6 Å². The van der Waals surface area contributed by atoms with Gasteiger partial charge in [0, 0.05) is 6.42 Å². The number of aliphatic carboxylic acids is 1. The normalized spacial score (nSPS) is 10.8. The van der Waals surface area contributed by atoms with Gasteiger partial charge >= 0.3 is 5.97 Å². The second-order valence-electron chi connectivity index (χ2n) is 3.02. The molecule has 6 nitrogen and oxygen atoms in total. The van der Waals surface area contributed by atoms with Gasteiger partial charge in [0.2, 0.25) is 5.89 Å². The molecule has 0 saturated carbocycles. The Morgan fingerprint density at radius 1 is 1.64 bits per heavy atom. The summed E-state index contributed by atoms with van der Waals surface area (Å²) < 4.78 is 4.88. The van der Waals surface area contributed by atoms with Gasteiger partial charge in [0.05, 0.1) is 13.1 Å². The van der Waals surface area contributed by atoms with Crippen molar-refractivity contribution in [3.05, 3.63) is 11.7 Å². The minimum absolute atomic E-state index is 0.0317. The lowest BCUT2D eigenvalue weighted by molar-refractivity contribution is -0.138. The maximum Gasteiger partial charge on any atom is 0.317 e. The van der Waals surface area contributed by atoms with Crippen LogP contribution < -0.4 is 0 Å². The van der Waals surface area contributed by atoms with E-state index >= 15 is 0 Å². The van der Waals surface area contributed by atoms with Crippen molar-refractivity contribution >= 4 is 5.97 Å². The molecule has 1 heterocycles. The van der Waals surface area contributed by atoms with E-state index in [0.29, 0.717) is 24.7 Å². The topological polar surface area (TPSA) is 79.5 Å². The van der Waals surface area contributed by atoms with Crippen LogP contribution in [0.3, 0.4) is 0 Å². The quantitative estimate of drug-likeness (QED) is 0.727. The fourth-order valence-electron chi connectivity index (χ4n) is 1.03. The Kier molecular flexibility index (Phi) is 3.58. The summed E-state index contributed by atoms with van der Waals surface area (Å²) in [5.41, 5.74) is 0. The number of carboxylic acids is 1. The molecule has 1 rings (SSSR count). The molecule has 0 aromatic carbocycles. The van der Waals surface area contributed by atoms with Crippen LogP contribution in [0.5, 0.6) is 0 Å². The van der Waals surface area contributed by atoms with Crippen molar-refractivity contribution in [1.29, 1.82) is 0 Å². The van der Waals surface area contributed by atoms with Gasteiger partial charge in [0.25, 0.3) is 0 Å². The largest absolute Gasteiger partial charge is 0.480 e. The molecule has 78 valence electrons. The van der Waals surface area contributed by atoms with Gasteiger partial charge in [-0.1, -0.05) is 12.1 Å². The highest BCUT2D eigenvalue weighted by molar-refractivity contribution is 5.68. The first kappa shape index (κ1) is 10.6. The molecule has 14 heavy (non-hydrogen) atoms. The van der Waals surface area contributed by atoms with E-state index in [1.165, 1.54) is 0 Å². The van der Waals surface area contributed by atoms with Gasteiger partial charge in [-0.2, -0.15) is 4.98 Å². The van der Waals surface area contributed by atoms with Crippen LogP contribution in [-0.4, -0.2) is 39.7 Å². The van der Waals surface area contributed by atoms with E-state index in [-0.39, 0.29) is 6.54 Å². The second-order valence-corrected chi connectivity index (χ2v) is 3.02. The van der Waals surface area contributed by atoms with E-state index < -0.39 is 5.97 Å². The smallest absolute Gasteiger partial charge is 0.317 e. The van der Waals surface area contributed by atoms with Crippen molar-refractivity contribution in [2.45, 2.75) is 19.9 Å². The van der Waals surface area contributed by atoms with Crippen LogP contribution in [0.2, 0.25) is 0 Å². The summed E-state index contributed by atoms with van der Waals surface area (Å²) in [6.07, 6.45) is 0.690. The maximum atomic E-state index is 10.4. The molecule has 6 heteroatoms. The minimum Gasteiger partial charge on any atom is -0.480 e. The Hall–Kier alpha value is -1.43. The number of carboxylic acid groups (broad SMARTS) is 1. The lowest BCUT2D eigenvalue weighted by atomic mass is 10.4. The lowest BCUT2D eigenvalue weighted by Crippen LogP contribution is -2.25. The Labute approximate surface area is 81.5 Å². The third-order valence-corrected chi connectivity index (χ3v) is 1.63. The highest BCUT2D eigenvalue weighted by Crippen LogP contribution is 2.00. The van der Waals surface area contributed by atoms with E-state index in [0.717, 1.165) is 0 Å². The molecule has 1 aromatic heterocycles. The first-order valence-corrected chi connectivity index (χ1v) is 4.33. The highest BCUT2D eigenvalue weighted by atomic mass is 16.5. The average Bonchev–Trinajstić information content (AvgIpc) is 2.50. The van der Waals surface area contributed by atoms with Gasteiger partial charge in [0.15, 0.2) is 5.82 Å². The molecule has 0 unspecified atom stereocenters. The van der Waals surface area contributed by atoms with E-state index in [1.807, 2.05) is 6.92 Å². The van der Waals surface area contributed by atoms with Crippen molar-refractivity contribution in [1.82, 2.24) is 15.0 Å². The molecular formula is C8H13N3O3. The van der Waals surface area contributed by atoms with Crippen molar-refractivity contribution < 1.29 is 14.4 Å². The van der Waals surface area contributed by atoms with Crippen LogP contribution in [0.15, 0.2) is 4.52 Å². The number of aromatic nitrogens is 2. The summed E-state index contributed by atoms with van der Waals surface area (Å²) in [4.78, 5) is 16.0. The van der Waals surface area contributed by atoms with Crippen LogP contribution in [0.4, 0.5) is 0 Å². The number of aryl methyl sites for hydroxylation is 1. The molecule has 0 atom stereocenters. The maximum absolute atomic E-state index is 10.4. The molecule has 0 aliphatic rings. The van der Waals surface area contributed by atoms with Crippen molar-refractivity contribution in [2.75, 3.05) is 13.6 Å². The minimum atomic E-state index is -0.869. The number of rotatable bonds is 5. The molecule has 0 fully saturated rings. The summed E-state index contributed by atoms with van der Waals surface area (Å²) in [6, 6.07) is 0. The van der Waals surface area contributed by atoms with Crippen molar-refractivity contribution in [2.24, 2.45) is 0 Å². The van der Waals surface area contributed by atoms with Gasteiger partial charge in [-0.3, -0.25) is 9.69 Å². The zero-order chi connectivity index (χ0) is 10.6. The van der Waals surface area contributed by atoms with Gasteiger partial charge in [-0.15, -0.1) is 0 Å². The van der Waals surface area contributed by atoms with Crippen molar-refractivity contribution in [3.63, 3.8) is 0 Å². The molecule has 0 saturated heterocycles. The fourth-order valence-corrected chi connectivity index (χ4v) is 1.03. The zero-order valence-electron chi connectivity index (χ0n) is 8.23. The number of hydrogen-bond acceptors (Lipinski definition) is 5. The van der Waals surface area contributed by atoms with E-state index in [9.17, 15) is 4.79 Å². The lowest BCUT2D eigenvalue weighted by Gasteiger charge is -2.09. The SMILES string of the molecule is CCc1nc(CN(C)CC(=O)O)no1. The molecule has 0 aliphatic heterocycles. The average molecular weight is 199 g/mol. The fraction of sp³-hybridized carbons (Fsp3) is 0.625. The van der Waals surface area contributed by atoms with E-state index in [2.05, 4.69) is 10.1 Å². The van der Waals surface area contributed by atoms with Gasteiger partial charge in [-0.25, -0.2) is 0 Å². The third kappa shape index (κ3) is 3.14. The molecule has 1 N–H and O–H groups in total. The Bertz CT molecular complexity index is 311. The molecule has 0 bridgehead atoms. The summed E-state index contributed by atoms with van der Waals surface area (Å²) in [5.74, 6) is 0.223. The highest BCUT2D eigenvalue weighted by Gasteiger charge is 2.09. The molecule has 0 aliphatic carbocycles. The van der Waals surface area contributed by atoms with Gasteiger partial charge in [-0.05, 0) is 7.05 Å². The Balaban J connectivity index is 2.47. The van der Waals surface area contributed by atoms with Gasteiger partial charge in [0.1, 0.15) is 0 Å². The third-order valence-electron chi connectivity index (χ3n) is 1.63. The summed E-state index contributed by atoms with van der Waals surface area (Å²) >= 11 is 0. The summed E-state index contributed by atoms with van der Waals surface area (Å²) in [5, 5.41) is 12.2. The Morgan fingerprint density at radius 3 is 2.86 bits per heavy atom. The van der Waals surface area contributed by atoms with Crippen LogP contribution >= 0.6 is 0 Å². The van der Waals surface area contributed by atoms with E-state index in [4.69, 9.17) is 9.63 Å². The number of carbonyl (C=O) groups is 1. The Morgan fingerprint density at radius 2 is 2.36 bits per heavy atom.